The second-order valence-corrected chi connectivity index (χ2v) is 15.4. The number of ketones is 2. The molecular formula is C40H33FN6O4S3. The van der Waals surface area contributed by atoms with Crippen LogP contribution in [0.5, 0.6) is 0 Å². The lowest BCUT2D eigenvalue weighted by atomic mass is 10.0. The highest BCUT2D eigenvalue weighted by Crippen LogP contribution is 2.27. The van der Waals surface area contributed by atoms with Gasteiger partial charge in [-0.3, -0.25) is 14.3 Å². The standard InChI is InChI=1S/C23H18FN3O3S2.C17H15N3OS/c1-15-5-2-3-8-20(15)22(28)21-14-25-23(31-21)26-17-9-11-18(12-10-17)27-32(29,30)19-7-4-6-16(24)13-19;1-11-4-2-3-5-14(11)16(21)15-10-22-17(20-15)19-13-8-6-12(18)7-9-13/h2-14,27H,1H3,(H,25,26);2-10H,18H2,1H3,(H,19,20). The first kappa shape index (κ1) is 37.5. The zero-order chi connectivity index (χ0) is 38.2. The van der Waals surface area contributed by atoms with Crippen LogP contribution in [0.3, 0.4) is 0 Å². The first-order valence-corrected chi connectivity index (χ1v) is 19.5. The van der Waals surface area contributed by atoms with E-state index in [1.165, 1.54) is 47.1 Å². The minimum absolute atomic E-state index is 0.0558. The lowest BCUT2D eigenvalue weighted by Gasteiger charge is -2.09. The minimum atomic E-state index is -3.90. The van der Waals surface area contributed by atoms with Crippen LogP contribution < -0.4 is 21.1 Å². The molecule has 0 aliphatic rings. The molecule has 2 aromatic heterocycles. The number of hydrogen-bond donors (Lipinski definition) is 4. The number of halogens is 1. The number of rotatable bonds is 11. The molecule has 7 rings (SSSR count). The predicted molar refractivity (Wildman–Crippen MR) is 215 cm³/mol. The van der Waals surface area contributed by atoms with Crippen molar-refractivity contribution in [3.63, 3.8) is 0 Å². The van der Waals surface area contributed by atoms with Gasteiger partial charge in [0.05, 0.1) is 16.0 Å². The van der Waals surface area contributed by atoms with E-state index in [2.05, 4.69) is 25.3 Å². The van der Waals surface area contributed by atoms with E-state index in [9.17, 15) is 22.4 Å². The largest absolute Gasteiger partial charge is 0.399 e. The van der Waals surface area contributed by atoms with Gasteiger partial charge in [0.15, 0.2) is 10.3 Å². The number of aromatic nitrogens is 2. The van der Waals surface area contributed by atoms with Crippen molar-refractivity contribution in [2.75, 3.05) is 21.1 Å². The monoisotopic (exact) mass is 776 g/mol. The van der Waals surface area contributed by atoms with Crippen molar-refractivity contribution in [1.82, 2.24) is 9.97 Å². The van der Waals surface area contributed by atoms with Gasteiger partial charge in [0.25, 0.3) is 10.0 Å². The second-order valence-electron chi connectivity index (χ2n) is 11.9. The van der Waals surface area contributed by atoms with Crippen LogP contribution in [0.15, 0.2) is 138 Å². The molecule has 54 heavy (non-hydrogen) atoms. The molecule has 0 bridgehead atoms. The molecule has 0 spiro atoms. The summed E-state index contributed by atoms with van der Waals surface area (Å²) >= 11 is 2.64. The van der Waals surface area contributed by atoms with Crippen LogP contribution in [0.25, 0.3) is 0 Å². The Morgan fingerprint density at radius 1 is 0.704 bits per heavy atom. The van der Waals surface area contributed by atoms with Gasteiger partial charge >= 0.3 is 0 Å². The molecule has 272 valence electrons. The molecule has 5 aromatic carbocycles. The number of thiazole rings is 2. The van der Waals surface area contributed by atoms with E-state index in [0.29, 0.717) is 49.0 Å². The van der Waals surface area contributed by atoms with Crippen LogP contribution in [0.2, 0.25) is 0 Å². The summed E-state index contributed by atoms with van der Waals surface area (Å²) in [5.41, 5.74) is 11.9. The summed E-state index contributed by atoms with van der Waals surface area (Å²) < 4.78 is 40.6. The Kier molecular flexibility index (Phi) is 11.6. The summed E-state index contributed by atoms with van der Waals surface area (Å²) in [6, 6.07) is 33.6. The zero-order valence-electron chi connectivity index (χ0n) is 28.9. The average Bonchev–Trinajstić information content (AvgIpc) is 3.84. The Hall–Kier alpha value is -6.22. The number of carbonyl (C=O) groups is 2. The van der Waals surface area contributed by atoms with Crippen molar-refractivity contribution >= 4 is 77.3 Å². The van der Waals surface area contributed by atoms with Gasteiger partial charge in [-0.05, 0) is 91.7 Å². The maximum Gasteiger partial charge on any atom is 0.261 e. The highest BCUT2D eigenvalue weighted by Gasteiger charge is 2.17. The molecule has 0 amide bonds. The smallest absolute Gasteiger partial charge is 0.261 e. The van der Waals surface area contributed by atoms with E-state index < -0.39 is 15.8 Å². The third kappa shape index (κ3) is 9.41. The Bertz CT molecular complexity index is 2540. The Morgan fingerprint density at radius 2 is 1.28 bits per heavy atom. The molecule has 2 heterocycles. The average molecular weight is 777 g/mol. The third-order valence-corrected chi connectivity index (χ3v) is 11.0. The van der Waals surface area contributed by atoms with Gasteiger partial charge in [0, 0.05) is 39.3 Å². The van der Waals surface area contributed by atoms with Crippen LogP contribution >= 0.6 is 22.7 Å². The number of aryl methyl sites for hydroxylation is 2. The van der Waals surface area contributed by atoms with Gasteiger partial charge in [-0.25, -0.2) is 22.8 Å². The van der Waals surface area contributed by atoms with Crippen LogP contribution in [0.4, 0.5) is 37.4 Å². The number of benzene rings is 5. The lowest BCUT2D eigenvalue weighted by molar-refractivity contribution is 0.102. The van der Waals surface area contributed by atoms with E-state index in [1.807, 2.05) is 80.6 Å². The molecule has 10 nitrogen and oxygen atoms in total. The van der Waals surface area contributed by atoms with Gasteiger partial charge in [-0.1, -0.05) is 65.9 Å². The summed E-state index contributed by atoms with van der Waals surface area (Å²) in [6.45, 7) is 3.81. The molecule has 5 N–H and O–H groups in total. The topological polar surface area (TPSA) is 156 Å². The Labute approximate surface area is 319 Å². The van der Waals surface area contributed by atoms with Crippen LogP contribution in [0.1, 0.15) is 42.4 Å². The number of hydrogen-bond acceptors (Lipinski definition) is 11. The number of sulfonamides is 1. The summed E-state index contributed by atoms with van der Waals surface area (Å²) in [7, 11) is -3.90. The van der Waals surface area contributed by atoms with Crippen molar-refractivity contribution < 1.29 is 22.4 Å². The molecule has 0 radical (unpaired) electrons. The van der Waals surface area contributed by atoms with Crippen molar-refractivity contribution in [3.8, 4) is 0 Å². The summed E-state index contributed by atoms with van der Waals surface area (Å²) in [5.74, 6) is -0.772. The summed E-state index contributed by atoms with van der Waals surface area (Å²) in [6.07, 6.45) is 1.53. The highest BCUT2D eigenvalue weighted by molar-refractivity contribution is 7.92. The van der Waals surface area contributed by atoms with E-state index in [0.717, 1.165) is 22.9 Å². The molecule has 0 aliphatic heterocycles. The summed E-state index contributed by atoms with van der Waals surface area (Å²) in [4.78, 5) is 34.2. The fraction of sp³-hybridized carbons (Fsp3) is 0.0500. The molecule has 0 saturated carbocycles. The summed E-state index contributed by atoms with van der Waals surface area (Å²) in [5, 5.41) is 9.27. The second kappa shape index (κ2) is 16.6. The van der Waals surface area contributed by atoms with Gasteiger partial charge < -0.3 is 16.4 Å². The molecule has 0 saturated heterocycles. The predicted octanol–water partition coefficient (Wildman–Crippen LogP) is 9.37. The van der Waals surface area contributed by atoms with Crippen molar-refractivity contribution in [2.24, 2.45) is 0 Å². The van der Waals surface area contributed by atoms with E-state index in [-0.39, 0.29) is 16.5 Å². The van der Waals surface area contributed by atoms with Crippen molar-refractivity contribution in [2.45, 2.75) is 18.7 Å². The lowest BCUT2D eigenvalue weighted by Crippen LogP contribution is -2.13. The van der Waals surface area contributed by atoms with Gasteiger partial charge in [0.1, 0.15) is 11.5 Å². The fourth-order valence-corrected chi connectivity index (χ4v) is 7.67. The van der Waals surface area contributed by atoms with Gasteiger partial charge in [-0.2, -0.15) is 0 Å². The Balaban J connectivity index is 0.000000197. The molecular weight excluding hydrogens is 744 g/mol. The zero-order valence-corrected chi connectivity index (χ0v) is 31.4. The minimum Gasteiger partial charge on any atom is -0.399 e. The molecule has 0 atom stereocenters. The molecule has 14 heteroatoms. The van der Waals surface area contributed by atoms with Crippen LogP contribution in [0, 0.1) is 19.7 Å². The van der Waals surface area contributed by atoms with Crippen LogP contribution in [-0.4, -0.2) is 30.0 Å². The van der Waals surface area contributed by atoms with Gasteiger partial charge in [0.2, 0.25) is 11.6 Å². The first-order valence-electron chi connectivity index (χ1n) is 16.4. The highest BCUT2D eigenvalue weighted by atomic mass is 32.2. The number of nitrogens with one attached hydrogen (secondary N) is 3. The van der Waals surface area contributed by atoms with E-state index in [4.69, 9.17) is 5.73 Å². The number of nitrogens with zero attached hydrogens (tertiary/aromatic N) is 2. The molecule has 0 unspecified atom stereocenters. The number of nitrogens with two attached hydrogens (primary N) is 1. The van der Waals surface area contributed by atoms with Crippen LogP contribution in [-0.2, 0) is 10.0 Å². The number of carbonyl (C=O) groups excluding carboxylic acids is 2. The SMILES string of the molecule is Cc1ccccc1C(=O)c1cnc(Nc2ccc(NS(=O)(=O)c3cccc(F)c3)cc2)s1.Cc1ccccc1C(=O)c1csc(Nc2ccc(N)cc2)n1. The quantitative estimate of drug-likeness (QED) is 0.0743. The van der Waals surface area contributed by atoms with Gasteiger partial charge in [-0.15, -0.1) is 11.3 Å². The maximum atomic E-state index is 13.3. The normalized spacial score (nSPS) is 10.9. The molecule has 0 fully saturated rings. The van der Waals surface area contributed by atoms with Crippen molar-refractivity contribution in [1.29, 1.82) is 0 Å². The Morgan fingerprint density at radius 3 is 1.91 bits per heavy atom. The fourth-order valence-electron chi connectivity index (χ4n) is 5.08. The maximum absolute atomic E-state index is 13.3. The third-order valence-electron chi connectivity index (χ3n) is 7.90. The number of nitrogen functional groups attached to an aromatic ring is 1. The first-order chi connectivity index (χ1) is 25.9. The van der Waals surface area contributed by atoms with E-state index in [1.54, 1.807) is 35.7 Å². The molecule has 0 aliphatic carbocycles. The van der Waals surface area contributed by atoms with E-state index >= 15 is 0 Å². The van der Waals surface area contributed by atoms with Crippen molar-refractivity contribution in [3.05, 3.63) is 172 Å². The molecule has 7 aromatic rings. The number of anilines is 6.